The van der Waals surface area contributed by atoms with Crippen molar-refractivity contribution < 1.29 is 4.79 Å². The van der Waals surface area contributed by atoms with Crippen LogP contribution in [0.3, 0.4) is 0 Å². The van der Waals surface area contributed by atoms with Gasteiger partial charge >= 0.3 is 0 Å². The number of carbonyl (C=O) groups is 1. The molecule has 2 aliphatic rings. The van der Waals surface area contributed by atoms with Gasteiger partial charge in [-0.15, -0.1) is 0 Å². The van der Waals surface area contributed by atoms with Gasteiger partial charge in [0, 0.05) is 37.8 Å². The first-order valence-electron chi connectivity index (χ1n) is 8.26. The van der Waals surface area contributed by atoms with Crippen LogP contribution >= 0.6 is 0 Å². The van der Waals surface area contributed by atoms with Crippen molar-refractivity contribution in [3.05, 3.63) is 0 Å². The number of nitrogens with two attached hydrogens (primary N) is 1. The molecule has 1 saturated carbocycles. The zero-order chi connectivity index (χ0) is 15.7. The van der Waals surface area contributed by atoms with E-state index in [1.165, 1.54) is 6.42 Å². The van der Waals surface area contributed by atoms with Crippen molar-refractivity contribution in [3.63, 3.8) is 0 Å². The molecule has 0 aromatic carbocycles. The standard InChI is InChI=1S/C16H32N4O/c1-15(2,3)20-10-8-19(9-11-20)13-6-5-7-16(12-13,18-4)14(17)21/h13,18H,5-12H2,1-4H3,(H2,17,21). The molecule has 2 atom stereocenters. The summed E-state index contributed by atoms with van der Waals surface area (Å²) in [5.41, 5.74) is 5.41. The maximum Gasteiger partial charge on any atom is 0.237 e. The number of nitrogens with zero attached hydrogens (tertiary/aromatic N) is 2. The van der Waals surface area contributed by atoms with Crippen LogP contribution in [-0.4, -0.2) is 66.1 Å². The van der Waals surface area contributed by atoms with Crippen LogP contribution in [0.25, 0.3) is 0 Å². The van der Waals surface area contributed by atoms with Crippen molar-refractivity contribution >= 4 is 5.91 Å². The summed E-state index contributed by atoms with van der Waals surface area (Å²) in [6, 6.07) is 0.487. The normalized spacial score (nSPS) is 33.0. The van der Waals surface area contributed by atoms with Crippen molar-refractivity contribution in [1.82, 2.24) is 15.1 Å². The fourth-order valence-electron chi connectivity index (χ4n) is 3.89. The van der Waals surface area contributed by atoms with Gasteiger partial charge in [-0.1, -0.05) is 0 Å². The molecule has 0 aromatic heterocycles. The van der Waals surface area contributed by atoms with Crippen LogP contribution in [0, 0.1) is 0 Å². The number of hydrogen-bond donors (Lipinski definition) is 2. The zero-order valence-corrected chi connectivity index (χ0v) is 14.1. The lowest BCUT2D eigenvalue weighted by Crippen LogP contribution is -2.62. The summed E-state index contributed by atoms with van der Waals surface area (Å²) >= 11 is 0. The molecule has 1 aliphatic carbocycles. The fourth-order valence-corrected chi connectivity index (χ4v) is 3.89. The van der Waals surface area contributed by atoms with Gasteiger partial charge in [-0.3, -0.25) is 14.6 Å². The number of hydrogen-bond acceptors (Lipinski definition) is 4. The van der Waals surface area contributed by atoms with Crippen LogP contribution in [0.5, 0.6) is 0 Å². The zero-order valence-electron chi connectivity index (χ0n) is 14.1. The number of likely N-dealkylation sites (N-methyl/N-ethyl adjacent to an activating group) is 1. The Morgan fingerprint density at radius 1 is 1.24 bits per heavy atom. The molecule has 0 aromatic rings. The van der Waals surface area contributed by atoms with E-state index in [2.05, 4.69) is 35.9 Å². The second-order valence-electron chi connectivity index (χ2n) is 7.64. The highest BCUT2D eigenvalue weighted by atomic mass is 16.1. The summed E-state index contributed by atoms with van der Waals surface area (Å²) in [7, 11) is 1.87. The predicted octanol–water partition coefficient (Wildman–Crippen LogP) is 0.789. The lowest BCUT2D eigenvalue weighted by molar-refractivity contribution is -0.126. The number of amides is 1. The third-order valence-corrected chi connectivity index (χ3v) is 5.45. The Labute approximate surface area is 129 Å². The summed E-state index contributed by atoms with van der Waals surface area (Å²) in [5.74, 6) is -0.192. The average Bonchev–Trinajstić information content (AvgIpc) is 2.46. The first kappa shape index (κ1) is 16.7. The minimum atomic E-state index is -0.496. The highest BCUT2D eigenvalue weighted by Crippen LogP contribution is 2.32. The van der Waals surface area contributed by atoms with Gasteiger partial charge in [0.25, 0.3) is 0 Å². The van der Waals surface area contributed by atoms with E-state index in [1.807, 2.05) is 7.05 Å². The second-order valence-corrected chi connectivity index (χ2v) is 7.64. The van der Waals surface area contributed by atoms with Gasteiger partial charge < -0.3 is 11.1 Å². The summed E-state index contributed by atoms with van der Waals surface area (Å²) < 4.78 is 0. The Balaban J connectivity index is 1.96. The molecule has 1 amide bonds. The number of nitrogens with one attached hydrogen (secondary N) is 1. The van der Waals surface area contributed by atoms with Crippen LogP contribution in [0.15, 0.2) is 0 Å². The maximum absolute atomic E-state index is 11.9. The van der Waals surface area contributed by atoms with E-state index in [9.17, 15) is 4.79 Å². The first-order valence-corrected chi connectivity index (χ1v) is 8.26. The third-order valence-electron chi connectivity index (χ3n) is 5.45. The van der Waals surface area contributed by atoms with Crippen LogP contribution in [-0.2, 0) is 4.79 Å². The van der Waals surface area contributed by atoms with Gasteiger partial charge in [-0.2, -0.15) is 0 Å². The Kier molecular flexibility index (Phi) is 4.96. The molecule has 5 heteroatoms. The monoisotopic (exact) mass is 296 g/mol. The predicted molar refractivity (Wildman–Crippen MR) is 86.1 cm³/mol. The number of primary amides is 1. The largest absolute Gasteiger partial charge is 0.368 e. The van der Waals surface area contributed by atoms with Crippen molar-refractivity contribution in [2.24, 2.45) is 5.73 Å². The van der Waals surface area contributed by atoms with Gasteiger partial charge in [0.2, 0.25) is 5.91 Å². The second kappa shape index (κ2) is 6.23. The Bertz CT molecular complexity index is 371. The molecule has 0 radical (unpaired) electrons. The fraction of sp³-hybridized carbons (Fsp3) is 0.938. The number of rotatable bonds is 3. The molecule has 1 heterocycles. The van der Waals surface area contributed by atoms with E-state index in [1.54, 1.807) is 0 Å². The van der Waals surface area contributed by atoms with E-state index < -0.39 is 5.54 Å². The van der Waals surface area contributed by atoms with E-state index in [4.69, 9.17) is 5.73 Å². The Hall–Kier alpha value is -0.650. The highest BCUT2D eigenvalue weighted by molar-refractivity contribution is 5.84. The molecule has 21 heavy (non-hydrogen) atoms. The minimum absolute atomic E-state index is 0.192. The molecule has 1 aliphatic heterocycles. The van der Waals surface area contributed by atoms with Gasteiger partial charge in [-0.25, -0.2) is 0 Å². The minimum Gasteiger partial charge on any atom is -0.368 e. The molecule has 3 N–H and O–H groups in total. The molecule has 1 saturated heterocycles. The Morgan fingerprint density at radius 2 is 1.86 bits per heavy atom. The van der Waals surface area contributed by atoms with E-state index in [0.717, 1.165) is 45.4 Å². The molecule has 0 bridgehead atoms. The molecule has 2 fully saturated rings. The summed E-state index contributed by atoms with van der Waals surface area (Å²) in [6.45, 7) is 11.3. The molecule has 2 rings (SSSR count). The Morgan fingerprint density at radius 3 is 2.33 bits per heavy atom. The molecular weight excluding hydrogens is 264 g/mol. The summed E-state index contributed by atoms with van der Waals surface area (Å²) in [5, 5.41) is 3.21. The molecular formula is C16H32N4O. The van der Waals surface area contributed by atoms with E-state index >= 15 is 0 Å². The smallest absolute Gasteiger partial charge is 0.237 e. The van der Waals surface area contributed by atoms with E-state index in [0.29, 0.717) is 6.04 Å². The van der Waals surface area contributed by atoms with Gasteiger partial charge in [0.05, 0.1) is 5.54 Å². The SMILES string of the molecule is CNC1(C(N)=O)CCCC(N2CCN(C(C)(C)C)CC2)C1. The molecule has 122 valence electrons. The van der Waals surface area contributed by atoms with Crippen molar-refractivity contribution in [3.8, 4) is 0 Å². The average molecular weight is 296 g/mol. The summed E-state index contributed by atoms with van der Waals surface area (Å²) in [6.07, 6.45) is 3.99. The van der Waals surface area contributed by atoms with Crippen LogP contribution < -0.4 is 11.1 Å². The van der Waals surface area contributed by atoms with Crippen LogP contribution in [0.2, 0.25) is 0 Å². The van der Waals surface area contributed by atoms with Crippen molar-refractivity contribution in [2.45, 2.75) is 63.6 Å². The summed E-state index contributed by atoms with van der Waals surface area (Å²) in [4.78, 5) is 17.0. The van der Waals surface area contributed by atoms with Gasteiger partial charge in [0.15, 0.2) is 0 Å². The topological polar surface area (TPSA) is 61.6 Å². The van der Waals surface area contributed by atoms with Crippen molar-refractivity contribution in [1.29, 1.82) is 0 Å². The number of piperazine rings is 1. The van der Waals surface area contributed by atoms with Crippen LogP contribution in [0.4, 0.5) is 0 Å². The van der Waals surface area contributed by atoms with E-state index in [-0.39, 0.29) is 11.4 Å². The maximum atomic E-state index is 11.9. The molecule has 2 unspecified atom stereocenters. The molecule has 5 nitrogen and oxygen atoms in total. The third kappa shape index (κ3) is 3.58. The van der Waals surface area contributed by atoms with Gasteiger partial charge in [-0.05, 0) is 53.5 Å². The van der Waals surface area contributed by atoms with Gasteiger partial charge in [0.1, 0.15) is 0 Å². The first-order chi connectivity index (χ1) is 9.78. The lowest BCUT2D eigenvalue weighted by atomic mass is 9.77. The highest BCUT2D eigenvalue weighted by Gasteiger charge is 2.42. The lowest BCUT2D eigenvalue weighted by Gasteiger charge is -2.48. The molecule has 0 spiro atoms. The van der Waals surface area contributed by atoms with Crippen molar-refractivity contribution in [2.75, 3.05) is 33.2 Å². The van der Waals surface area contributed by atoms with Crippen LogP contribution in [0.1, 0.15) is 46.5 Å². The quantitative estimate of drug-likeness (QED) is 0.808. The number of carbonyl (C=O) groups excluding carboxylic acids is 1.